The lowest BCUT2D eigenvalue weighted by atomic mass is 9.98. The summed E-state index contributed by atoms with van der Waals surface area (Å²) in [5.41, 5.74) is 5.72. The Hall–Kier alpha value is -0.320. The van der Waals surface area contributed by atoms with Gasteiger partial charge in [0.15, 0.2) is 0 Å². The van der Waals surface area contributed by atoms with Gasteiger partial charge in [-0.25, -0.2) is 0 Å². The summed E-state index contributed by atoms with van der Waals surface area (Å²) in [4.78, 5) is 13.9. The Bertz CT molecular complexity index is 246. The number of nitrogens with two attached hydrogens (primary N) is 1. The summed E-state index contributed by atoms with van der Waals surface area (Å²) < 4.78 is 5.33. The van der Waals surface area contributed by atoms with Gasteiger partial charge in [-0.1, -0.05) is 0 Å². The number of ether oxygens (including phenoxy) is 1. The second-order valence-corrected chi connectivity index (χ2v) is 4.58. The molecule has 1 amide bonds. The van der Waals surface area contributed by atoms with Crippen molar-refractivity contribution in [3.63, 3.8) is 0 Å². The monoisotopic (exact) mass is 248 g/mol. The number of carbonyl (C=O) groups is 1. The van der Waals surface area contributed by atoms with Gasteiger partial charge in [0.2, 0.25) is 5.91 Å². The van der Waals surface area contributed by atoms with Crippen LogP contribution in [0.5, 0.6) is 0 Å². The van der Waals surface area contributed by atoms with E-state index in [4.69, 9.17) is 10.5 Å². The molecule has 0 radical (unpaired) electrons. The van der Waals surface area contributed by atoms with E-state index in [0.717, 1.165) is 32.2 Å². The van der Waals surface area contributed by atoms with Crippen molar-refractivity contribution in [2.45, 2.75) is 37.8 Å². The van der Waals surface area contributed by atoms with Gasteiger partial charge in [0.1, 0.15) is 0 Å². The zero-order valence-corrected chi connectivity index (χ0v) is 10.5. The molecule has 1 aliphatic heterocycles. The third-order valence-corrected chi connectivity index (χ3v) is 3.48. The standard InChI is InChI=1S/C11H20N2O2.ClH/c1-15-10-4-5-13(9(6-10)7-12)11(14)8-2-3-8;/h8-10H,2-7,12H2,1H3;1H. The van der Waals surface area contributed by atoms with Gasteiger partial charge in [-0.3, -0.25) is 4.79 Å². The summed E-state index contributed by atoms with van der Waals surface area (Å²) in [6.45, 7) is 1.37. The van der Waals surface area contributed by atoms with E-state index in [1.165, 1.54) is 0 Å². The van der Waals surface area contributed by atoms with Gasteiger partial charge in [0.25, 0.3) is 0 Å². The second kappa shape index (κ2) is 5.84. The normalized spacial score (nSPS) is 29.8. The smallest absolute Gasteiger partial charge is 0.225 e. The van der Waals surface area contributed by atoms with E-state index in [9.17, 15) is 4.79 Å². The summed E-state index contributed by atoms with van der Waals surface area (Å²) in [6, 6.07) is 0.191. The average Bonchev–Trinajstić information content (AvgIpc) is 3.11. The van der Waals surface area contributed by atoms with Gasteiger partial charge in [-0.05, 0) is 25.7 Å². The SMILES string of the molecule is COC1CCN(C(=O)C2CC2)C(CN)C1.Cl. The molecule has 2 N–H and O–H groups in total. The predicted molar refractivity (Wildman–Crippen MR) is 64.6 cm³/mol. The third-order valence-electron chi connectivity index (χ3n) is 3.48. The van der Waals surface area contributed by atoms with Crippen LogP contribution in [0.25, 0.3) is 0 Å². The van der Waals surface area contributed by atoms with Gasteiger partial charge >= 0.3 is 0 Å². The molecule has 94 valence electrons. The molecular formula is C11H21ClN2O2. The number of hydrogen-bond acceptors (Lipinski definition) is 3. The lowest BCUT2D eigenvalue weighted by Crippen LogP contribution is -2.51. The molecule has 0 spiro atoms. The molecule has 4 nitrogen and oxygen atoms in total. The van der Waals surface area contributed by atoms with Crippen molar-refractivity contribution in [2.75, 3.05) is 20.2 Å². The van der Waals surface area contributed by atoms with Crippen LogP contribution >= 0.6 is 12.4 Å². The summed E-state index contributed by atoms with van der Waals surface area (Å²) >= 11 is 0. The van der Waals surface area contributed by atoms with E-state index in [1.807, 2.05) is 4.90 Å². The van der Waals surface area contributed by atoms with E-state index in [2.05, 4.69) is 0 Å². The molecule has 1 saturated carbocycles. The van der Waals surface area contributed by atoms with Crippen LogP contribution in [0, 0.1) is 5.92 Å². The minimum atomic E-state index is 0. The van der Waals surface area contributed by atoms with E-state index < -0.39 is 0 Å². The van der Waals surface area contributed by atoms with Crippen molar-refractivity contribution in [3.05, 3.63) is 0 Å². The summed E-state index contributed by atoms with van der Waals surface area (Å²) in [7, 11) is 1.73. The van der Waals surface area contributed by atoms with Crippen molar-refractivity contribution >= 4 is 18.3 Å². The topological polar surface area (TPSA) is 55.6 Å². The van der Waals surface area contributed by atoms with Crippen molar-refractivity contribution in [1.29, 1.82) is 0 Å². The maximum atomic E-state index is 12.0. The lowest BCUT2D eigenvalue weighted by Gasteiger charge is -2.38. The van der Waals surface area contributed by atoms with Gasteiger partial charge in [0, 0.05) is 32.2 Å². The van der Waals surface area contributed by atoms with Gasteiger partial charge in [0.05, 0.1) is 6.10 Å². The molecule has 1 heterocycles. The van der Waals surface area contributed by atoms with Crippen LogP contribution < -0.4 is 5.73 Å². The molecular weight excluding hydrogens is 228 g/mol. The number of halogens is 1. The fourth-order valence-electron chi connectivity index (χ4n) is 2.31. The lowest BCUT2D eigenvalue weighted by molar-refractivity contribution is -0.138. The Morgan fingerprint density at radius 2 is 2.12 bits per heavy atom. The van der Waals surface area contributed by atoms with Gasteiger partial charge in [-0.15, -0.1) is 12.4 Å². The molecule has 2 aliphatic rings. The maximum Gasteiger partial charge on any atom is 0.225 e. The fraction of sp³-hybridized carbons (Fsp3) is 0.909. The number of piperidine rings is 1. The highest BCUT2D eigenvalue weighted by Crippen LogP contribution is 2.33. The molecule has 0 bridgehead atoms. The molecule has 2 rings (SSSR count). The van der Waals surface area contributed by atoms with Crippen molar-refractivity contribution in [2.24, 2.45) is 11.7 Å². The number of rotatable bonds is 3. The Labute approximate surface area is 103 Å². The van der Waals surface area contributed by atoms with Gasteiger partial charge in [-0.2, -0.15) is 0 Å². The summed E-state index contributed by atoms with van der Waals surface area (Å²) in [5.74, 6) is 0.623. The van der Waals surface area contributed by atoms with E-state index in [-0.39, 0.29) is 24.6 Å². The number of hydrogen-bond donors (Lipinski definition) is 1. The molecule has 0 aromatic rings. The van der Waals surface area contributed by atoms with Crippen LogP contribution in [0.3, 0.4) is 0 Å². The number of nitrogens with zero attached hydrogens (tertiary/aromatic N) is 1. The van der Waals surface area contributed by atoms with Crippen LogP contribution in [-0.2, 0) is 9.53 Å². The Balaban J connectivity index is 0.00000128. The highest BCUT2D eigenvalue weighted by molar-refractivity contribution is 5.85. The van der Waals surface area contributed by atoms with Crippen molar-refractivity contribution in [1.82, 2.24) is 4.90 Å². The number of amides is 1. The Kier molecular flexibility index (Phi) is 5.02. The van der Waals surface area contributed by atoms with Crippen LogP contribution in [0.15, 0.2) is 0 Å². The van der Waals surface area contributed by atoms with Crippen molar-refractivity contribution in [3.8, 4) is 0 Å². The van der Waals surface area contributed by atoms with E-state index in [0.29, 0.717) is 18.4 Å². The van der Waals surface area contributed by atoms with Crippen molar-refractivity contribution < 1.29 is 9.53 Å². The molecule has 2 atom stereocenters. The van der Waals surface area contributed by atoms with Gasteiger partial charge < -0.3 is 15.4 Å². The molecule has 1 aliphatic carbocycles. The zero-order chi connectivity index (χ0) is 10.8. The number of methoxy groups -OCH3 is 1. The highest BCUT2D eigenvalue weighted by Gasteiger charge is 2.38. The summed E-state index contributed by atoms with van der Waals surface area (Å²) in [6.07, 6.45) is 4.26. The molecule has 2 unspecified atom stereocenters. The molecule has 0 aromatic carbocycles. The minimum Gasteiger partial charge on any atom is -0.381 e. The van der Waals surface area contributed by atoms with E-state index >= 15 is 0 Å². The third kappa shape index (κ3) is 2.87. The zero-order valence-electron chi connectivity index (χ0n) is 9.72. The summed E-state index contributed by atoms with van der Waals surface area (Å²) in [5, 5.41) is 0. The largest absolute Gasteiger partial charge is 0.381 e. The first-order chi connectivity index (χ1) is 7.26. The van der Waals surface area contributed by atoms with E-state index in [1.54, 1.807) is 7.11 Å². The maximum absolute atomic E-state index is 12.0. The molecule has 5 heteroatoms. The van der Waals surface area contributed by atoms with Crippen LogP contribution in [0.1, 0.15) is 25.7 Å². The Morgan fingerprint density at radius 1 is 1.44 bits per heavy atom. The van der Waals surface area contributed by atoms with Crippen LogP contribution in [0.2, 0.25) is 0 Å². The van der Waals surface area contributed by atoms with Crippen LogP contribution in [-0.4, -0.2) is 43.2 Å². The minimum absolute atomic E-state index is 0. The first kappa shape index (κ1) is 13.7. The molecule has 2 fully saturated rings. The predicted octanol–water partition coefficient (Wildman–Crippen LogP) is 0.783. The molecule has 1 saturated heterocycles. The second-order valence-electron chi connectivity index (χ2n) is 4.58. The first-order valence-electron chi connectivity index (χ1n) is 5.79. The average molecular weight is 249 g/mol. The molecule has 16 heavy (non-hydrogen) atoms. The molecule has 0 aromatic heterocycles. The first-order valence-corrected chi connectivity index (χ1v) is 5.79. The Morgan fingerprint density at radius 3 is 2.62 bits per heavy atom. The quantitative estimate of drug-likeness (QED) is 0.803. The highest BCUT2D eigenvalue weighted by atomic mass is 35.5. The van der Waals surface area contributed by atoms with Crippen LogP contribution in [0.4, 0.5) is 0 Å². The fourth-order valence-corrected chi connectivity index (χ4v) is 2.31. The number of carbonyl (C=O) groups excluding carboxylic acids is 1. The number of likely N-dealkylation sites (tertiary alicyclic amines) is 1.